The van der Waals surface area contributed by atoms with Crippen molar-refractivity contribution in [3.63, 3.8) is 0 Å². The fourth-order valence-electron chi connectivity index (χ4n) is 3.78. The van der Waals surface area contributed by atoms with Gasteiger partial charge in [-0.3, -0.25) is 4.79 Å². The Labute approximate surface area is 199 Å². The first kappa shape index (κ1) is 23.1. The lowest BCUT2D eigenvalue weighted by Gasteiger charge is -2.26. The van der Waals surface area contributed by atoms with E-state index in [4.69, 9.17) is 33.7 Å². The fraction of sp³-hybridized carbons (Fsp3) is 0.0909. The summed E-state index contributed by atoms with van der Waals surface area (Å²) in [5.74, 6) is -2.49. The molecule has 0 saturated heterocycles. The van der Waals surface area contributed by atoms with Crippen LogP contribution in [0.25, 0.3) is 0 Å². The maximum absolute atomic E-state index is 13.7. The highest BCUT2D eigenvalue weighted by Crippen LogP contribution is 2.48. The minimum atomic E-state index is -4.59. The zero-order valence-electron chi connectivity index (χ0n) is 17.0. The van der Waals surface area contributed by atoms with Gasteiger partial charge in [-0.1, -0.05) is 41.4 Å². The number of hydrogen-bond acceptors (Lipinski definition) is 6. The van der Waals surface area contributed by atoms with Crippen LogP contribution < -0.4 is 14.8 Å². The second-order valence-corrected chi connectivity index (χ2v) is 9.79. The predicted octanol–water partition coefficient (Wildman–Crippen LogP) is 3.64. The third-order valence-electron chi connectivity index (χ3n) is 5.35. The fourth-order valence-corrected chi connectivity index (χ4v) is 5.85. The molecule has 33 heavy (non-hydrogen) atoms. The van der Waals surface area contributed by atoms with Gasteiger partial charge in [0.2, 0.25) is 0 Å². The van der Waals surface area contributed by atoms with Crippen LogP contribution in [0.2, 0.25) is 10.0 Å². The molecule has 1 aliphatic rings. The Hall–Kier alpha value is -3.11. The number of methoxy groups -OCH3 is 1. The molecule has 1 atom stereocenters. The number of amides is 1. The van der Waals surface area contributed by atoms with Crippen molar-refractivity contribution < 1.29 is 27.9 Å². The first-order chi connectivity index (χ1) is 15.5. The number of carbonyl (C=O) groups is 2. The van der Waals surface area contributed by atoms with Crippen LogP contribution >= 0.6 is 23.2 Å². The number of fused-ring (bicyclic) bond motifs is 1. The van der Waals surface area contributed by atoms with Gasteiger partial charge in [-0.15, -0.1) is 0 Å². The lowest BCUT2D eigenvalue weighted by molar-refractivity contribution is -0.120. The summed E-state index contributed by atoms with van der Waals surface area (Å²) in [5, 5.41) is 9.63. The lowest BCUT2D eigenvalue weighted by Crippen LogP contribution is -2.49. The smallest absolute Gasteiger partial charge is 0.335 e. The average Bonchev–Trinajstić information content (AvgIpc) is 3.01. The van der Waals surface area contributed by atoms with E-state index in [-0.39, 0.29) is 38.2 Å². The molecule has 3 N–H and O–H groups in total. The number of hydrogen-bond donors (Lipinski definition) is 2. The topological polar surface area (TPSA) is 127 Å². The van der Waals surface area contributed by atoms with Crippen LogP contribution in [0.3, 0.4) is 0 Å². The van der Waals surface area contributed by atoms with Crippen molar-refractivity contribution >= 4 is 50.8 Å². The van der Waals surface area contributed by atoms with E-state index in [1.54, 1.807) is 12.1 Å². The van der Waals surface area contributed by atoms with E-state index in [2.05, 4.69) is 0 Å². The van der Waals surface area contributed by atoms with Gasteiger partial charge in [-0.05, 0) is 42.5 Å². The van der Waals surface area contributed by atoms with Crippen molar-refractivity contribution in [1.82, 2.24) is 0 Å². The number of nitrogens with zero attached hydrogens (tertiary/aromatic N) is 1. The number of carboxylic acids is 1. The summed E-state index contributed by atoms with van der Waals surface area (Å²) in [7, 11) is -3.40. The minimum absolute atomic E-state index is 0.00353. The van der Waals surface area contributed by atoms with Crippen LogP contribution in [-0.2, 0) is 20.4 Å². The van der Waals surface area contributed by atoms with Crippen molar-refractivity contribution in [2.75, 3.05) is 11.4 Å². The van der Waals surface area contributed by atoms with Gasteiger partial charge >= 0.3 is 5.97 Å². The van der Waals surface area contributed by atoms with E-state index in [0.717, 1.165) is 18.2 Å². The van der Waals surface area contributed by atoms with Gasteiger partial charge in [0.05, 0.1) is 18.4 Å². The van der Waals surface area contributed by atoms with Crippen LogP contribution in [-0.4, -0.2) is 32.5 Å². The maximum atomic E-state index is 13.7. The van der Waals surface area contributed by atoms with E-state index in [1.807, 2.05) is 0 Å². The summed E-state index contributed by atoms with van der Waals surface area (Å²) in [4.78, 5) is 24.6. The Bertz CT molecular complexity index is 1430. The second-order valence-electron chi connectivity index (χ2n) is 7.19. The molecule has 4 rings (SSSR count). The van der Waals surface area contributed by atoms with Gasteiger partial charge in [-0.25, -0.2) is 17.5 Å². The summed E-state index contributed by atoms with van der Waals surface area (Å²) in [6, 6.07) is 13.8. The van der Waals surface area contributed by atoms with Crippen LogP contribution in [0.5, 0.6) is 5.75 Å². The Balaban J connectivity index is 1.98. The molecule has 1 amide bonds. The van der Waals surface area contributed by atoms with Gasteiger partial charge in [0, 0.05) is 21.2 Å². The summed E-state index contributed by atoms with van der Waals surface area (Å²) in [5.41, 5.74) is 4.81. The standard InChI is InChI=1S/C22H16Cl2N2O6S/c1-32-18-10-12(20(27)28)6-9-19(18)33(30,31)26-17-8-7-13(23)11-15(17)22(25,21(26)29)14-4-2-3-5-16(14)24/h2-11H,25H2,1H3,(H,27,28). The highest BCUT2D eigenvalue weighted by atomic mass is 35.5. The number of carbonyl (C=O) groups excluding carboxylic acids is 1. The van der Waals surface area contributed by atoms with Gasteiger partial charge in [-0.2, -0.15) is 0 Å². The number of anilines is 1. The molecule has 0 aromatic heterocycles. The van der Waals surface area contributed by atoms with Crippen LogP contribution in [0.4, 0.5) is 5.69 Å². The van der Waals surface area contributed by atoms with Crippen molar-refractivity contribution in [3.05, 3.63) is 87.4 Å². The lowest BCUT2D eigenvalue weighted by atomic mass is 9.85. The Morgan fingerprint density at radius 3 is 2.39 bits per heavy atom. The van der Waals surface area contributed by atoms with Crippen LogP contribution in [0, 0.1) is 0 Å². The number of ether oxygens (including phenoxy) is 1. The molecular formula is C22H16Cl2N2O6S. The van der Waals surface area contributed by atoms with Crippen molar-refractivity contribution in [3.8, 4) is 5.75 Å². The number of carboxylic acid groups (broad SMARTS) is 1. The van der Waals surface area contributed by atoms with Crippen molar-refractivity contribution in [1.29, 1.82) is 0 Å². The summed E-state index contributed by atoms with van der Waals surface area (Å²) in [6.45, 7) is 0. The van der Waals surface area contributed by atoms with Gasteiger partial charge in [0.25, 0.3) is 15.9 Å². The van der Waals surface area contributed by atoms with Gasteiger partial charge in [0.1, 0.15) is 10.6 Å². The number of nitrogens with two attached hydrogens (primary N) is 1. The summed E-state index contributed by atoms with van der Waals surface area (Å²) < 4.78 is 33.1. The molecule has 0 aliphatic carbocycles. The zero-order chi connectivity index (χ0) is 24.1. The van der Waals surface area contributed by atoms with Gasteiger partial charge in [0.15, 0.2) is 5.54 Å². The molecular weight excluding hydrogens is 491 g/mol. The first-order valence-electron chi connectivity index (χ1n) is 9.38. The molecule has 170 valence electrons. The third kappa shape index (κ3) is 3.44. The normalized spacial score (nSPS) is 17.7. The van der Waals surface area contributed by atoms with E-state index in [0.29, 0.717) is 4.31 Å². The predicted molar refractivity (Wildman–Crippen MR) is 122 cm³/mol. The van der Waals surface area contributed by atoms with Crippen LogP contribution in [0.1, 0.15) is 21.5 Å². The SMILES string of the molecule is COc1cc(C(=O)O)ccc1S(=O)(=O)N1C(=O)C(N)(c2ccccc2Cl)c2cc(Cl)ccc21. The third-order valence-corrected chi connectivity index (χ3v) is 7.65. The van der Waals surface area contributed by atoms with E-state index >= 15 is 0 Å². The quantitative estimate of drug-likeness (QED) is 0.540. The number of rotatable bonds is 5. The zero-order valence-corrected chi connectivity index (χ0v) is 19.3. The molecule has 1 unspecified atom stereocenters. The van der Waals surface area contributed by atoms with E-state index in [1.165, 1.54) is 37.4 Å². The highest BCUT2D eigenvalue weighted by molar-refractivity contribution is 7.93. The second kappa shape index (κ2) is 8.03. The molecule has 0 saturated carbocycles. The molecule has 0 spiro atoms. The number of halogens is 2. The number of aromatic carboxylic acids is 1. The number of benzene rings is 3. The Morgan fingerprint density at radius 1 is 1.06 bits per heavy atom. The number of sulfonamides is 1. The molecule has 11 heteroatoms. The Morgan fingerprint density at radius 2 is 1.76 bits per heavy atom. The molecule has 1 heterocycles. The molecule has 3 aromatic rings. The first-order valence-corrected chi connectivity index (χ1v) is 11.6. The van der Waals surface area contributed by atoms with Gasteiger partial charge < -0.3 is 15.6 Å². The van der Waals surface area contributed by atoms with E-state index in [9.17, 15) is 23.1 Å². The van der Waals surface area contributed by atoms with Crippen molar-refractivity contribution in [2.45, 2.75) is 10.4 Å². The summed E-state index contributed by atoms with van der Waals surface area (Å²) >= 11 is 12.5. The largest absolute Gasteiger partial charge is 0.495 e. The molecule has 3 aromatic carbocycles. The highest BCUT2D eigenvalue weighted by Gasteiger charge is 2.55. The van der Waals surface area contributed by atoms with Crippen molar-refractivity contribution in [2.24, 2.45) is 5.73 Å². The molecule has 0 bridgehead atoms. The molecule has 1 aliphatic heterocycles. The maximum Gasteiger partial charge on any atom is 0.335 e. The molecule has 8 nitrogen and oxygen atoms in total. The monoisotopic (exact) mass is 506 g/mol. The minimum Gasteiger partial charge on any atom is -0.495 e. The average molecular weight is 507 g/mol. The summed E-state index contributed by atoms with van der Waals surface area (Å²) in [6.07, 6.45) is 0. The van der Waals surface area contributed by atoms with Crippen LogP contribution in [0.15, 0.2) is 65.6 Å². The Kier molecular flexibility index (Phi) is 5.61. The molecule has 0 fully saturated rings. The van der Waals surface area contributed by atoms with E-state index < -0.39 is 32.3 Å². The molecule has 0 radical (unpaired) electrons.